The lowest BCUT2D eigenvalue weighted by molar-refractivity contribution is 0.0537. The standard InChI is InChI=1S/C67H60O4/c1-67(2,55-37-61(51-29-25-43-13-3-7-17-47(43)33-51)65(70-59-23-11-21-57(68)41-59)62(38-55)52-30-26-44-14-4-8-18-48(44)34-52)56-39-63(53-31-27-45-15-5-9-19-49(45)35-53)66(71-60-24-12-22-58(69)42-60)64(40-56)54-32-28-46-16-6-10-20-50(46)36-54/h3-10,13-20,25-40,57-60,68-69H,11-12,21-24,41-42H2,1-2H3. The van der Waals surface area contributed by atoms with Crippen LogP contribution in [0, 0.1) is 0 Å². The van der Waals surface area contributed by atoms with Gasteiger partial charge in [0, 0.05) is 40.5 Å². The van der Waals surface area contributed by atoms with Gasteiger partial charge in [-0.05, 0) is 164 Å². The molecule has 4 unspecified atom stereocenters. The number of fused-ring (bicyclic) bond motifs is 4. The molecule has 0 aromatic heterocycles. The van der Waals surface area contributed by atoms with E-state index in [0.29, 0.717) is 12.8 Å². The van der Waals surface area contributed by atoms with Gasteiger partial charge in [0.25, 0.3) is 0 Å². The van der Waals surface area contributed by atoms with Gasteiger partial charge in [-0.25, -0.2) is 0 Å². The van der Waals surface area contributed by atoms with Crippen LogP contribution in [0.15, 0.2) is 194 Å². The number of aliphatic hydroxyl groups excluding tert-OH is 2. The van der Waals surface area contributed by atoms with Gasteiger partial charge in [-0.3, -0.25) is 0 Å². The van der Waals surface area contributed by atoms with Crippen molar-refractivity contribution in [3.63, 3.8) is 0 Å². The van der Waals surface area contributed by atoms with Crippen LogP contribution < -0.4 is 9.47 Å². The molecule has 4 atom stereocenters. The van der Waals surface area contributed by atoms with Gasteiger partial charge in [0.05, 0.1) is 12.2 Å². The normalized spacial score (nSPS) is 18.5. The van der Waals surface area contributed by atoms with Crippen molar-refractivity contribution in [3.8, 4) is 56.0 Å². The van der Waals surface area contributed by atoms with E-state index < -0.39 is 5.41 Å². The van der Waals surface area contributed by atoms with Crippen LogP contribution in [0.1, 0.15) is 76.3 Å². The van der Waals surface area contributed by atoms with Crippen LogP contribution in [0.25, 0.3) is 87.6 Å². The molecule has 0 heterocycles. The minimum Gasteiger partial charge on any atom is -0.489 e. The highest BCUT2D eigenvalue weighted by molar-refractivity contribution is 5.96. The van der Waals surface area contributed by atoms with E-state index in [-0.39, 0.29) is 24.4 Å². The molecule has 2 N–H and O–H groups in total. The number of benzene rings is 10. The lowest BCUT2D eigenvalue weighted by Crippen LogP contribution is -2.29. The van der Waals surface area contributed by atoms with Gasteiger partial charge in [-0.15, -0.1) is 0 Å². The van der Waals surface area contributed by atoms with Gasteiger partial charge in [-0.2, -0.15) is 0 Å². The van der Waals surface area contributed by atoms with Crippen LogP contribution in [-0.4, -0.2) is 34.6 Å². The van der Waals surface area contributed by atoms with Crippen LogP contribution in [-0.2, 0) is 5.41 Å². The zero-order chi connectivity index (χ0) is 48.1. The van der Waals surface area contributed by atoms with Crippen molar-refractivity contribution < 1.29 is 19.7 Å². The van der Waals surface area contributed by atoms with E-state index in [2.05, 4.69) is 208 Å². The van der Waals surface area contributed by atoms with Gasteiger partial charge in [0.2, 0.25) is 0 Å². The van der Waals surface area contributed by atoms with E-state index in [0.717, 1.165) is 106 Å². The molecule has 4 nitrogen and oxygen atoms in total. The Balaban J connectivity index is 1.12. The monoisotopic (exact) mass is 928 g/mol. The first-order valence-electron chi connectivity index (χ1n) is 25.7. The van der Waals surface area contributed by atoms with Crippen molar-refractivity contribution in [2.45, 2.75) is 95.0 Å². The van der Waals surface area contributed by atoms with Crippen molar-refractivity contribution >= 4 is 43.1 Å². The van der Waals surface area contributed by atoms with E-state index in [1.807, 2.05) is 0 Å². The highest BCUT2D eigenvalue weighted by Crippen LogP contribution is 2.50. The predicted octanol–water partition coefficient (Wildman–Crippen LogP) is 16.7. The Morgan fingerprint density at radius 1 is 0.352 bits per heavy atom. The Morgan fingerprint density at radius 3 is 0.915 bits per heavy atom. The van der Waals surface area contributed by atoms with Crippen LogP contribution >= 0.6 is 0 Å². The SMILES string of the molecule is CC(C)(c1cc(-c2ccc3ccccc3c2)c(OC2CCCC(O)C2)c(-c2ccc3ccccc3c2)c1)c1cc(-c2ccc3ccccc3c2)c(OC2CCCC(O)C2)c(-c2ccc3ccccc3c2)c1. The summed E-state index contributed by atoms with van der Waals surface area (Å²) in [6.07, 6.45) is 5.42. The summed E-state index contributed by atoms with van der Waals surface area (Å²) in [6, 6.07) is 70.8. The maximum absolute atomic E-state index is 11.0. The summed E-state index contributed by atoms with van der Waals surface area (Å²) in [7, 11) is 0. The summed E-state index contributed by atoms with van der Waals surface area (Å²) in [5.41, 5.74) is 10.2. The minimum atomic E-state index is -0.562. The molecule has 10 aromatic rings. The molecule has 0 saturated heterocycles. The fraction of sp³-hybridized carbons (Fsp3) is 0.224. The zero-order valence-electron chi connectivity index (χ0n) is 40.7. The first-order valence-corrected chi connectivity index (χ1v) is 25.7. The van der Waals surface area contributed by atoms with Gasteiger partial charge < -0.3 is 19.7 Å². The van der Waals surface area contributed by atoms with Gasteiger partial charge in [0.1, 0.15) is 23.7 Å². The molecule has 0 amide bonds. The van der Waals surface area contributed by atoms with Gasteiger partial charge in [-0.1, -0.05) is 159 Å². The molecule has 2 fully saturated rings. The molecule has 0 radical (unpaired) electrons. The number of rotatable bonds is 10. The summed E-state index contributed by atoms with van der Waals surface area (Å²) in [5, 5.41) is 31.4. The topological polar surface area (TPSA) is 58.9 Å². The van der Waals surface area contributed by atoms with Crippen molar-refractivity contribution in [2.24, 2.45) is 0 Å². The van der Waals surface area contributed by atoms with Crippen LogP contribution in [0.5, 0.6) is 11.5 Å². The van der Waals surface area contributed by atoms with Crippen molar-refractivity contribution in [1.82, 2.24) is 0 Å². The van der Waals surface area contributed by atoms with E-state index in [1.54, 1.807) is 0 Å². The summed E-state index contributed by atoms with van der Waals surface area (Å²) in [6.45, 7) is 4.72. The lowest BCUT2D eigenvalue weighted by atomic mass is 9.74. The lowest BCUT2D eigenvalue weighted by Gasteiger charge is -2.33. The first kappa shape index (κ1) is 44.9. The van der Waals surface area contributed by atoms with Crippen molar-refractivity contribution in [2.75, 3.05) is 0 Å². The molecular formula is C67H60O4. The number of aliphatic hydroxyl groups is 2. The summed E-state index contributed by atoms with van der Waals surface area (Å²) < 4.78 is 14.6. The van der Waals surface area contributed by atoms with E-state index in [1.165, 1.54) is 43.1 Å². The molecule has 12 rings (SSSR count). The first-order chi connectivity index (χ1) is 34.7. The van der Waals surface area contributed by atoms with E-state index in [9.17, 15) is 10.2 Å². The molecule has 10 aromatic carbocycles. The molecule has 352 valence electrons. The van der Waals surface area contributed by atoms with Gasteiger partial charge in [0.15, 0.2) is 0 Å². The molecule has 4 heteroatoms. The van der Waals surface area contributed by atoms with Crippen molar-refractivity contribution in [1.29, 1.82) is 0 Å². The number of hydrogen-bond acceptors (Lipinski definition) is 4. The average Bonchev–Trinajstić information content (AvgIpc) is 3.40. The fourth-order valence-electron chi connectivity index (χ4n) is 11.5. The predicted molar refractivity (Wildman–Crippen MR) is 295 cm³/mol. The molecule has 0 aliphatic heterocycles. The Bertz CT molecular complexity index is 3170. The number of hydrogen-bond donors (Lipinski definition) is 2. The molecule has 2 saturated carbocycles. The third kappa shape index (κ3) is 8.97. The third-order valence-corrected chi connectivity index (χ3v) is 15.6. The maximum Gasteiger partial charge on any atom is 0.135 e. The second-order valence-electron chi connectivity index (χ2n) is 20.8. The Morgan fingerprint density at radius 2 is 0.634 bits per heavy atom. The van der Waals surface area contributed by atoms with Crippen LogP contribution in [0.2, 0.25) is 0 Å². The summed E-state index contributed by atoms with van der Waals surface area (Å²) >= 11 is 0. The average molecular weight is 929 g/mol. The quantitative estimate of drug-likeness (QED) is 0.143. The van der Waals surface area contributed by atoms with Crippen molar-refractivity contribution in [3.05, 3.63) is 205 Å². The fourth-order valence-corrected chi connectivity index (χ4v) is 11.5. The summed E-state index contributed by atoms with van der Waals surface area (Å²) in [5.74, 6) is 1.70. The van der Waals surface area contributed by atoms with E-state index >= 15 is 0 Å². The molecule has 2 aliphatic rings. The van der Waals surface area contributed by atoms with Crippen LogP contribution in [0.3, 0.4) is 0 Å². The summed E-state index contributed by atoms with van der Waals surface area (Å²) in [4.78, 5) is 0. The minimum absolute atomic E-state index is 0.122. The highest BCUT2D eigenvalue weighted by Gasteiger charge is 2.33. The molecule has 0 spiro atoms. The highest BCUT2D eigenvalue weighted by atomic mass is 16.5. The third-order valence-electron chi connectivity index (χ3n) is 15.6. The van der Waals surface area contributed by atoms with Gasteiger partial charge >= 0.3 is 0 Å². The smallest absolute Gasteiger partial charge is 0.135 e. The second kappa shape index (κ2) is 18.8. The Labute approximate surface area is 417 Å². The largest absolute Gasteiger partial charge is 0.489 e. The van der Waals surface area contributed by atoms with E-state index in [4.69, 9.17) is 9.47 Å². The zero-order valence-corrected chi connectivity index (χ0v) is 40.7. The molecule has 2 aliphatic carbocycles. The van der Waals surface area contributed by atoms with Crippen LogP contribution in [0.4, 0.5) is 0 Å². The maximum atomic E-state index is 11.0. The molecule has 0 bridgehead atoms. The second-order valence-corrected chi connectivity index (χ2v) is 20.8. The number of ether oxygens (including phenoxy) is 2. The Kier molecular flexibility index (Phi) is 11.9. The molecule has 71 heavy (non-hydrogen) atoms. The Hall–Kier alpha value is -7.24. The molecular weight excluding hydrogens is 869 g/mol.